The van der Waals surface area contributed by atoms with E-state index in [0.29, 0.717) is 40.0 Å². The standard InChI is InChI=1S/C23H26ClFN6/c1-14-5-20(29-30(14)2)13-31-11-15-6-19(7-16(15)12-31)28-23-26-9-17(10-27-23)21-8-18(25)3-4-22(21)24/h3-5,8-10,15-16,19H,6-7,11-13H2,1-2H3,(H,26,27,28)/t15-,16+,19+. The highest BCUT2D eigenvalue weighted by molar-refractivity contribution is 6.33. The highest BCUT2D eigenvalue weighted by atomic mass is 35.5. The first-order valence-corrected chi connectivity index (χ1v) is 11.1. The fourth-order valence-corrected chi connectivity index (χ4v) is 5.25. The van der Waals surface area contributed by atoms with E-state index in [1.807, 2.05) is 11.7 Å². The summed E-state index contributed by atoms with van der Waals surface area (Å²) in [5.41, 5.74) is 3.66. The Morgan fingerprint density at radius 1 is 1.13 bits per heavy atom. The van der Waals surface area contributed by atoms with E-state index >= 15 is 0 Å². The van der Waals surface area contributed by atoms with Crippen LogP contribution >= 0.6 is 11.6 Å². The van der Waals surface area contributed by atoms with E-state index in [-0.39, 0.29) is 5.82 Å². The normalized spacial score (nSPS) is 23.3. The largest absolute Gasteiger partial charge is 0.351 e. The first-order valence-electron chi connectivity index (χ1n) is 10.7. The van der Waals surface area contributed by atoms with Gasteiger partial charge in [0.25, 0.3) is 0 Å². The Labute approximate surface area is 186 Å². The molecule has 2 fully saturated rings. The first kappa shape index (κ1) is 20.4. The molecule has 2 aliphatic rings. The van der Waals surface area contributed by atoms with Crippen molar-refractivity contribution < 1.29 is 4.39 Å². The Kier molecular flexibility index (Phi) is 5.40. The number of anilines is 1. The number of aryl methyl sites for hydroxylation is 2. The van der Waals surface area contributed by atoms with E-state index in [1.54, 1.807) is 18.5 Å². The Morgan fingerprint density at radius 2 is 1.84 bits per heavy atom. The van der Waals surface area contributed by atoms with E-state index < -0.39 is 0 Å². The van der Waals surface area contributed by atoms with Gasteiger partial charge in [-0.15, -0.1) is 0 Å². The summed E-state index contributed by atoms with van der Waals surface area (Å²) in [5.74, 6) is 1.69. The van der Waals surface area contributed by atoms with Gasteiger partial charge in [0, 0.05) is 67.0 Å². The molecular weight excluding hydrogens is 415 g/mol. The molecule has 0 unspecified atom stereocenters. The number of benzene rings is 1. The summed E-state index contributed by atoms with van der Waals surface area (Å²) in [6.45, 7) is 5.26. The van der Waals surface area contributed by atoms with Crippen molar-refractivity contribution in [3.63, 3.8) is 0 Å². The molecule has 6 nitrogen and oxygen atoms in total. The van der Waals surface area contributed by atoms with Crippen LogP contribution in [0.15, 0.2) is 36.7 Å². The highest BCUT2D eigenvalue weighted by Crippen LogP contribution is 2.39. The third kappa shape index (κ3) is 4.29. The monoisotopic (exact) mass is 440 g/mol. The van der Waals surface area contributed by atoms with Gasteiger partial charge < -0.3 is 5.32 Å². The number of rotatable bonds is 5. The average molecular weight is 441 g/mol. The molecule has 0 spiro atoms. The van der Waals surface area contributed by atoms with Crippen molar-refractivity contribution in [2.75, 3.05) is 18.4 Å². The van der Waals surface area contributed by atoms with E-state index in [0.717, 1.165) is 38.2 Å². The number of aromatic nitrogens is 4. The minimum atomic E-state index is -0.327. The second-order valence-electron chi connectivity index (χ2n) is 8.85. The van der Waals surface area contributed by atoms with Crippen molar-refractivity contribution in [3.8, 4) is 11.1 Å². The number of halogens is 2. The predicted octanol–water partition coefficient (Wildman–Crippen LogP) is 4.30. The van der Waals surface area contributed by atoms with Gasteiger partial charge >= 0.3 is 0 Å². The van der Waals surface area contributed by atoms with Crippen LogP contribution < -0.4 is 5.32 Å². The molecule has 2 aromatic heterocycles. The number of hydrogen-bond acceptors (Lipinski definition) is 5. The van der Waals surface area contributed by atoms with Crippen LogP contribution in [0.3, 0.4) is 0 Å². The van der Waals surface area contributed by atoms with Gasteiger partial charge in [0.15, 0.2) is 0 Å². The van der Waals surface area contributed by atoms with Crippen LogP contribution in [0.2, 0.25) is 5.02 Å². The molecule has 0 radical (unpaired) electrons. The maximum atomic E-state index is 13.5. The second-order valence-corrected chi connectivity index (χ2v) is 9.25. The summed E-state index contributed by atoms with van der Waals surface area (Å²) in [6.07, 6.45) is 5.65. The van der Waals surface area contributed by atoms with Crippen LogP contribution in [0.1, 0.15) is 24.2 Å². The van der Waals surface area contributed by atoms with E-state index in [1.165, 1.54) is 17.8 Å². The van der Waals surface area contributed by atoms with Gasteiger partial charge in [0.1, 0.15) is 5.82 Å². The Hall–Kier alpha value is -2.51. The van der Waals surface area contributed by atoms with E-state index in [4.69, 9.17) is 11.6 Å². The minimum Gasteiger partial charge on any atom is -0.351 e. The maximum Gasteiger partial charge on any atom is 0.222 e. The van der Waals surface area contributed by atoms with Crippen LogP contribution in [0, 0.1) is 24.6 Å². The van der Waals surface area contributed by atoms with Gasteiger partial charge in [-0.1, -0.05) is 11.6 Å². The van der Waals surface area contributed by atoms with Crippen molar-refractivity contribution >= 4 is 17.5 Å². The molecule has 1 aliphatic carbocycles. The Morgan fingerprint density at radius 3 is 2.48 bits per heavy atom. The Balaban J connectivity index is 1.16. The van der Waals surface area contributed by atoms with Crippen LogP contribution in [0.4, 0.5) is 10.3 Å². The van der Waals surface area contributed by atoms with Crippen molar-refractivity contribution in [2.45, 2.75) is 32.4 Å². The lowest BCUT2D eigenvalue weighted by atomic mass is 10.0. The number of hydrogen-bond donors (Lipinski definition) is 1. The number of nitrogens with one attached hydrogen (secondary N) is 1. The summed E-state index contributed by atoms with van der Waals surface area (Å²) in [6, 6.07) is 6.87. The molecule has 8 heteroatoms. The van der Waals surface area contributed by atoms with Gasteiger partial charge in [-0.25, -0.2) is 14.4 Å². The third-order valence-electron chi connectivity index (χ3n) is 6.60. The lowest BCUT2D eigenvalue weighted by Crippen LogP contribution is -2.25. The molecule has 31 heavy (non-hydrogen) atoms. The van der Waals surface area contributed by atoms with Gasteiger partial charge in [-0.3, -0.25) is 9.58 Å². The number of likely N-dealkylation sites (tertiary alicyclic amines) is 1. The van der Waals surface area contributed by atoms with E-state index in [9.17, 15) is 4.39 Å². The van der Waals surface area contributed by atoms with Crippen LogP contribution in [-0.4, -0.2) is 43.8 Å². The first-order chi connectivity index (χ1) is 14.9. The summed E-state index contributed by atoms with van der Waals surface area (Å²) in [5, 5.41) is 8.57. The highest BCUT2D eigenvalue weighted by Gasteiger charge is 2.41. The maximum absolute atomic E-state index is 13.5. The smallest absolute Gasteiger partial charge is 0.222 e. The summed E-state index contributed by atoms with van der Waals surface area (Å²) >= 11 is 6.19. The van der Waals surface area contributed by atoms with Crippen molar-refractivity contribution in [3.05, 3.63) is 58.9 Å². The van der Waals surface area contributed by atoms with E-state index in [2.05, 4.69) is 38.3 Å². The van der Waals surface area contributed by atoms with Crippen molar-refractivity contribution in [1.82, 2.24) is 24.6 Å². The Bertz CT molecular complexity index is 1050. The number of fused-ring (bicyclic) bond motifs is 1. The molecule has 0 bridgehead atoms. The molecule has 1 aliphatic heterocycles. The molecule has 5 rings (SSSR count). The SMILES string of the molecule is Cc1cc(CN2C[C@H]3C[C@H](Nc4ncc(-c5cc(F)ccc5Cl)cn4)C[C@H]3C2)nn1C. The zero-order valence-corrected chi connectivity index (χ0v) is 18.5. The van der Waals surface area contributed by atoms with Crippen LogP contribution in [-0.2, 0) is 13.6 Å². The lowest BCUT2D eigenvalue weighted by Gasteiger charge is -2.18. The number of nitrogens with zero attached hydrogens (tertiary/aromatic N) is 5. The minimum absolute atomic E-state index is 0.327. The van der Waals surface area contributed by atoms with Gasteiger partial charge in [-0.05, 0) is 55.9 Å². The fourth-order valence-electron chi connectivity index (χ4n) is 5.03. The zero-order valence-electron chi connectivity index (χ0n) is 17.7. The molecule has 3 heterocycles. The van der Waals surface area contributed by atoms with Crippen LogP contribution in [0.5, 0.6) is 0 Å². The summed E-state index contributed by atoms with van der Waals surface area (Å²) in [4.78, 5) is 11.4. The average Bonchev–Trinajstić information content (AvgIpc) is 3.37. The van der Waals surface area contributed by atoms with Gasteiger partial charge in [-0.2, -0.15) is 5.10 Å². The van der Waals surface area contributed by atoms with Crippen molar-refractivity contribution in [2.24, 2.45) is 18.9 Å². The molecular formula is C23H26ClFN6. The van der Waals surface area contributed by atoms with Crippen LogP contribution in [0.25, 0.3) is 11.1 Å². The lowest BCUT2D eigenvalue weighted by molar-refractivity contribution is 0.296. The molecule has 1 saturated heterocycles. The van der Waals surface area contributed by atoms with Crippen molar-refractivity contribution in [1.29, 1.82) is 0 Å². The molecule has 1 N–H and O–H groups in total. The molecule has 0 amide bonds. The molecule has 1 saturated carbocycles. The topological polar surface area (TPSA) is 58.9 Å². The molecule has 3 aromatic rings. The molecule has 1 aromatic carbocycles. The molecule has 162 valence electrons. The molecule has 3 atom stereocenters. The fraction of sp³-hybridized carbons (Fsp3) is 0.435. The summed E-state index contributed by atoms with van der Waals surface area (Å²) < 4.78 is 15.5. The summed E-state index contributed by atoms with van der Waals surface area (Å²) in [7, 11) is 2.00. The predicted molar refractivity (Wildman–Crippen MR) is 119 cm³/mol. The quantitative estimate of drug-likeness (QED) is 0.641. The zero-order chi connectivity index (χ0) is 21.5. The third-order valence-corrected chi connectivity index (χ3v) is 6.93. The second kappa shape index (κ2) is 8.20. The van der Waals surface area contributed by atoms with Gasteiger partial charge in [0.05, 0.1) is 5.69 Å². The van der Waals surface area contributed by atoms with Gasteiger partial charge in [0.2, 0.25) is 5.95 Å².